The molecule has 4 heterocycles. The molecule has 6 aromatic rings. The molecule has 2 aliphatic rings. The van der Waals surface area contributed by atoms with E-state index in [1.165, 1.54) is 0 Å². The van der Waals surface area contributed by atoms with Crippen LogP contribution in [0.2, 0.25) is 0 Å². The fraction of sp³-hybridized carbons (Fsp3) is 0.333. The van der Waals surface area contributed by atoms with E-state index >= 15 is 0 Å². The van der Waals surface area contributed by atoms with Crippen LogP contribution in [0.25, 0.3) is 32.8 Å². The fourth-order valence-electron chi connectivity index (χ4n) is 7.93. The number of carboxylic acid groups (broad SMARTS) is 1. The average Bonchev–Trinajstić information content (AvgIpc) is 3.66. The van der Waals surface area contributed by atoms with E-state index in [2.05, 4.69) is 59.3 Å². The van der Waals surface area contributed by atoms with Crippen molar-refractivity contribution in [2.75, 3.05) is 51.4 Å². The van der Waals surface area contributed by atoms with E-state index < -0.39 is 5.97 Å². The Kier molecular flexibility index (Phi) is 9.58. The Balaban J connectivity index is 1.12. The second-order valence-electron chi connectivity index (χ2n) is 13.8. The van der Waals surface area contributed by atoms with Gasteiger partial charge in [-0.05, 0) is 74.1 Å². The van der Waals surface area contributed by atoms with Crippen molar-refractivity contribution in [3.05, 3.63) is 108 Å². The zero-order chi connectivity index (χ0) is 35.6. The van der Waals surface area contributed by atoms with E-state index in [0.717, 1.165) is 106 Å². The number of morpholine rings is 1. The van der Waals surface area contributed by atoms with E-state index in [1.807, 2.05) is 58.8 Å². The van der Waals surface area contributed by atoms with Crippen LogP contribution in [-0.4, -0.2) is 76.8 Å². The minimum absolute atomic E-state index is 0.283. The molecule has 0 amide bonds. The number of hydrogen-bond donors (Lipinski definition) is 1. The summed E-state index contributed by atoms with van der Waals surface area (Å²) in [6.45, 7) is 6.14. The summed E-state index contributed by atoms with van der Waals surface area (Å²) in [6, 6.07) is 28.7. The molecule has 2 aliphatic heterocycles. The van der Waals surface area contributed by atoms with Gasteiger partial charge in [-0.25, -0.2) is 4.79 Å². The van der Waals surface area contributed by atoms with Crippen LogP contribution in [0, 0.1) is 0 Å². The number of aromatic nitrogens is 3. The third-order valence-corrected chi connectivity index (χ3v) is 10.4. The molecule has 2 aromatic heterocycles. The first-order valence-corrected chi connectivity index (χ1v) is 18.2. The number of carboxylic acids is 1. The largest absolute Gasteiger partial charge is 0.493 e. The van der Waals surface area contributed by atoms with Crippen molar-refractivity contribution in [2.45, 2.75) is 39.0 Å². The highest BCUT2D eigenvalue weighted by Gasteiger charge is 2.29. The molecule has 10 nitrogen and oxygen atoms in total. The quantitative estimate of drug-likeness (QED) is 0.151. The number of aryl methyl sites for hydroxylation is 3. The Morgan fingerprint density at radius 1 is 0.865 bits per heavy atom. The van der Waals surface area contributed by atoms with E-state index in [9.17, 15) is 9.90 Å². The first-order chi connectivity index (χ1) is 25.5. The van der Waals surface area contributed by atoms with Gasteiger partial charge in [0.05, 0.1) is 31.0 Å². The van der Waals surface area contributed by atoms with Crippen molar-refractivity contribution in [2.24, 2.45) is 7.05 Å². The maximum Gasteiger partial charge on any atom is 0.352 e. The Morgan fingerprint density at radius 2 is 1.63 bits per heavy atom. The van der Waals surface area contributed by atoms with Gasteiger partial charge in [0.15, 0.2) is 0 Å². The lowest BCUT2D eigenvalue weighted by Crippen LogP contribution is -2.36. The predicted molar refractivity (Wildman–Crippen MR) is 204 cm³/mol. The van der Waals surface area contributed by atoms with Gasteiger partial charge in [0, 0.05) is 60.8 Å². The fourth-order valence-corrected chi connectivity index (χ4v) is 7.93. The lowest BCUT2D eigenvalue weighted by atomic mass is 9.97. The molecule has 1 N–H and O–H groups in total. The van der Waals surface area contributed by atoms with E-state index in [-0.39, 0.29) is 6.61 Å². The zero-order valence-corrected chi connectivity index (χ0v) is 29.9. The summed E-state index contributed by atoms with van der Waals surface area (Å²) in [5, 5.41) is 18.9. The van der Waals surface area contributed by atoms with Gasteiger partial charge in [0.2, 0.25) is 0 Å². The molecular weight excluding hydrogens is 654 g/mol. The van der Waals surface area contributed by atoms with E-state index in [0.29, 0.717) is 38.2 Å². The van der Waals surface area contributed by atoms with Crippen LogP contribution in [0.4, 0.5) is 5.69 Å². The van der Waals surface area contributed by atoms with Gasteiger partial charge in [-0.1, -0.05) is 54.6 Å². The summed E-state index contributed by atoms with van der Waals surface area (Å²) >= 11 is 0. The zero-order valence-electron chi connectivity index (χ0n) is 29.9. The molecule has 1 saturated heterocycles. The van der Waals surface area contributed by atoms with Gasteiger partial charge in [-0.15, -0.1) is 0 Å². The molecule has 0 spiro atoms. The lowest BCUT2D eigenvalue weighted by molar-refractivity contribution is 0.0683. The van der Waals surface area contributed by atoms with Gasteiger partial charge in [0.1, 0.15) is 29.5 Å². The Bertz CT molecular complexity index is 2210. The molecule has 0 atom stereocenters. The molecule has 0 saturated carbocycles. The summed E-state index contributed by atoms with van der Waals surface area (Å²) in [4.78, 5) is 17.7. The molecule has 0 aliphatic carbocycles. The van der Waals surface area contributed by atoms with Crippen LogP contribution < -0.4 is 14.4 Å². The van der Waals surface area contributed by atoms with Crippen LogP contribution >= 0.6 is 0 Å². The number of hydrogen-bond acceptors (Lipinski definition) is 7. The molecule has 268 valence electrons. The lowest BCUT2D eigenvalue weighted by Gasteiger charge is -2.28. The van der Waals surface area contributed by atoms with Gasteiger partial charge in [0.25, 0.3) is 0 Å². The van der Waals surface area contributed by atoms with Gasteiger partial charge in [-0.2, -0.15) is 5.10 Å². The molecule has 8 rings (SSSR count). The van der Waals surface area contributed by atoms with Crippen LogP contribution in [0.3, 0.4) is 0 Å². The second kappa shape index (κ2) is 14.7. The maximum atomic E-state index is 13.1. The van der Waals surface area contributed by atoms with Crippen molar-refractivity contribution in [1.82, 2.24) is 19.2 Å². The minimum Gasteiger partial charge on any atom is -0.493 e. The molecule has 52 heavy (non-hydrogen) atoms. The number of rotatable bonds is 10. The number of ether oxygens (including phenoxy) is 3. The predicted octanol–water partition coefficient (Wildman–Crippen LogP) is 7.16. The van der Waals surface area contributed by atoms with E-state index in [1.54, 1.807) is 0 Å². The van der Waals surface area contributed by atoms with Crippen molar-refractivity contribution < 1.29 is 24.1 Å². The van der Waals surface area contributed by atoms with Crippen molar-refractivity contribution in [1.29, 1.82) is 0 Å². The standard InChI is InChI=1S/C42H45N5O5/c1-44-20-8-21-47-40-33(34(41(47)42(48)49)14-7-24-51-38-15-5-10-29-9-3-4-11-32(29)38)12-6-13-35(40)39-36(43-45(2)37(39)27-44)28-52-31-18-16-30(17-19-31)46-22-25-50-26-23-46/h3-6,9-13,15-19H,7-8,14,20-28H2,1-2H3,(H,48,49). The third kappa shape index (κ3) is 6.60. The molecule has 0 radical (unpaired) electrons. The Labute approximate surface area is 303 Å². The molecule has 0 bridgehead atoms. The summed E-state index contributed by atoms with van der Waals surface area (Å²) in [7, 11) is 4.10. The monoisotopic (exact) mass is 699 g/mol. The second-order valence-corrected chi connectivity index (χ2v) is 13.8. The van der Waals surface area contributed by atoms with Crippen molar-refractivity contribution >= 4 is 33.3 Å². The minimum atomic E-state index is -0.909. The molecular formula is C42H45N5O5. The van der Waals surface area contributed by atoms with E-state index in [4.69, 9.17) is 19.3 Å². The number of para-hydroxylation sites is 1. The highest BCUT2D eigenvalue weighted by Crippen LogP contribution is 2.40. The van der Waals surface area contributed by atoms with Crippen LogP contribution in [-0.2, 0) is 37.9 Å². The summed E-state index contributed by atoms with van der Waals surface area (Å²) < 4.78 is 22.2. The highest BCUT2D eigenvalue weighted by atomic mass is 16.5. The first-order valence-electron chi connectivity index (χ1n) is 18.2. The van der Waals surface area contributed by atoms with Crippen LogP contribution in [0.1, 0.15) is 40.3 Å². The Morgan fingerprint density at radius 3 is 2.46 bits per heavy atom. The Hall–Kier alpha value is -5.32. The molecule has 10 heteroatoms. The average molecular weight is 700 g/mol. The molecule has 1 fully saturated rings. The normalized spacial score (nSPS) is 15.2. The number of aromatic carboxylic acids is 1. The number of nitrogens with zero attached hydrogens (tertiary/aromatic N) is 5. The third-order valence-electron chi connectivity index (χ3n) is 10.4. The SMILES string of the molecule is CN1CCCn2c(C(=O)O)c(CCCOc3cccc4ccccc34)c3cccc(c32)-c2c(COc3ccc(N4CCOCC4)cc3)nn(C)c2C1. The highest BCUT2D eigenvalue weighted by molar-refractivity contribution is 6.04. The maximum absolute atomic E-state index is 13.1. The van der Waals surface area contributed by atoms with Crippen molar-refractivity contribution in [3.8, 4) is 22.6 Å². The van der Waals surface area contributed by atoms with Gasteiger partial charge in [-0.3, -0.25) is 4.68 Å². The smallest absolute Gasteiger partial charge is 0.352 e. The van der Waals surface area contributed by atoms with Gasteiger partial charge < -0.3 is 33.7 Å². The topological polar surface area (TPSA) is 94.2 Å². The van der Waals surface area contributed by atoms with Gasteiger partial charge >= 0.3 is 5.97 Å². The summed E-state index contributed by atoms with van der Waals surface area (Å²) in [5.74, 6) is 0.708. The number of fused-ring (bicyclic) bond motifs is 3. The van der Waals surface area contributed by atoms with Crippen LogP contribution in [0.5, 0.6) is 11.5 Å². The first kappa shape index (κ1) is 33.8. The number of carbonyl (C=O) groups is 1. The number of anilines is 1. The summed E-state index contributed by atoms with van der Waals surface area (Å²) in [5.41, 5.74) is 7.21. The molecule has 4 aromatic carbocycles. The van der Waals surface area contributed by atoms with Crippen LogP contribution in [0.15, 0.2) is 84.9 Å². The van der Waals surface area contributed by atoms with Crippen molar-refractivity contribution in [3.63, 3.8) is 0 Å². The molecule has 0 unspecified atom stereocenters. The summed E-state index contributed by atoms with van der Waals surface area (Å²) in [6.07, 6.45) is 2.08. The number of benzene rings is 4.